The van der Waals surface area contributed by atoms with Gasteiger partial charge in [0.25, 0.3) is 0 Å². The normalized spacial score (nSPS) is 17.5. The molecule has 1 unspecified atom stereocenters. The van der Waals surface area contributed by atoms with Gasteiger partial charge in [-0.2, -0.15) is 0 Å². The standard InChI is InChI=1S/C7H15NO.La/c1-5-7(3,9)6(2)8-4;/h9H,5H2,1-4H3;. The minimum Gasteiger partial charge on any atom is -0.384 e. The summed E-state index contributed by atoms with van der Waals surface area (Å²) in [7, 11) is 1.69. The monoisotopic (exact) mass is 268 g/mol. The molecule has 0 aromatic heterocycles. The first-order chi connectivity index (χ1) is 4.04. The molecule has 0 amide bonds. The number of aliphatic hydroxyl groups is 1. The molecule has 3 heteroatoms. The second-order valence-electron chi connectivity index (χ2n) is 2.44. The van der Waals surface area contributed by atoms with E-state index in [0.717, 1.165) is 12.1 Å². The average Bonchev–Trinajstić information content (AvgIpc) is 1.86. The maximum atomic E-state index is 9.46. The maximum Gasteiger partial charge on any atom is 0.0988 e. The first-order valence-corrected chi connectivity index (χ1v) is 3.21. The molecule has 0 saturated carbocycles. The third kappa shape index (κ3) is 3.86. The molecule has 0 aliphatic heterocycles. The van der Waals surface area contributed by atoms with E-state index in [1.807, 2.05) is 13.8 Å². The first-order valence-electron chi connectivity index (χ1n) is 3.21. The number of nitrogens with zero attached hydrogens (tertiary/aromatic N) is 1. The Balaban J connectivity index is 0. The van der Waals surface area contributed by atoms with Gasteiger partial charge in [-0.15, -0.1) is 0 Å². The molecule has 0 aliphatic rings. The Hall–Kier alpha value is 0.825. The minimum absolute atomic E-state index is 0. The fourth-order valence-corrected chi connectivity index (χ4v) is 0.497. The molecule has 0 aromatic carbocycles. The molecule has 0 heterocycles. The Labute approximate surface area is 90.7 Å². The Bertz CT molecular complexity index is 121. The molecule has 57 valence electrons. The van der Waals surface area contributed by atoms with Crippen LogP contribution in [-0.2, 0) is 0 Å². The zero-order chi connectivity index (χ0) is 7.49. The van der Waals surface area contributed by atoms with Crippen molar-refractivity contribution in [1.82, 2.24) is 0 Å². The van der Waals surface area contributed by atoms with Crippen LogP contribution in [0.3, 0.4) is 0 Å². The van der Waals surface area contributed by atoms with Crippen LogP contribution in [-0.4, -0.2) is 23.5 Å². The minimum atomic E-state index is -0.700. The van der Waals surface area contributed by atoms with Gasteiger partial charge >= 0.3 is 0 Å². The van der Waals surface area contributed by atoms with Gasteiger partial charge in [-0.25, -0.2) is 0 Å². The summed E-state index contributed by atoms with van der Waals surface area (Å²) in [5.41, 5.74) is 0.0966. The van der Waals surface area contributed by atoms with Crippen LogP contribution < -0.4 is 0 Å². The van der Waals surface area contributed by atoms with Crippen molar-refractivity contribution >= 4 is 5.71 Å². The Morgan fingerprint density at radius 3 is 2.10 bits per heavy atom. The Kier molecular flexibility index (Phi) is 7.34. The van der Waals surface area contributed by atoms with E-state index >= 15 is 0 Å². The van der Waals surface area contributed by atoms with Gasteiger partial charge in [0.1, 0.15) is 0 Å². The fourth-order valence-electron chi connectivity index (χ4n) is 0.497. The number of hydrogen-bond acceptors (Lipinski definition) is 2. The fraction of sp³-hybridized carbons (Fsp3) is 0.857. The van der Waals surface area contributed by atoms with E-state index in [-0.39, 0.29) is 35.6 Å². The predicted octanol–water partition coefficient (Wildman–Crippen LogP) is 1.24. The molecular formula is C7H15LaNO. The summed E-state index contributed by atoms with van der Waals surface area (Å²) in [5.74, 6) is 0. The Morgan fingerprint density at radius 1 is 1.60 bits per heavy atom. The maximum absolute atomic E-state index is 9.46. The van der Waals surface area contributed by atoms with Crippen LogP contribution in [0.15, 0.2) is 4.99 Å². The molecule has 0 saturated heterocycles. The molecule has 1 radical (unpaired) electrons. The van der Waals surface area contributed by atoms with Crippen LogP contribution in [0.4, 0.5) is 0 Å². The van der Waals surface area contributed by atoms with Crippen LogP contribution in [0.2, 0.25) is 0 Å². The Morgan fingerprint density at radius 2 is 2.00 bits per heavy atom. The summed E-state index contributed by atoms with van der Waals surface area (Å²) in [5, 5.41) is 9.46. The molecule has 0 fully saturated rings. The molecule has 0 aliphatic carbocycles. The summed E-state index contributed by atoms with van der Waals surface area (Å²) >= 11 is 0. The van der Waals surface area contributed by atoms with Gasteiger partial charge in [-0.1, -0.05) is 6.92 Å². The van der Waals surface area contributed by atoms with Crippen molar-refractivity contribution in [2.45, 2.75) is 32.8 Å². The molecule has 1 atom stereocenters. The molecule has 0 rings (SSSR count). The van der Waals surface area contributed by atoms with Gasteiger partial charge in [-0.05, 0) is 20.3 Å². The number of hydrogen-bond donors (Lipinski definition) is 1. The summed E-state index contributed by atoms with van der Waals surface area (Å²) in [6, 6.07) is 0. The quantitative estimate of drug-likeness (QED) is 0.751. The number of rotatable bonds is 2. The molecule has 2 nitrogen and oxygen atoms in total. The van der Waals surface area contributed by atoms with Gasteiger partial charge in [0.15, 0.2) is 0 Å². The van der Waals surface area contributed by atoms with Gasteiger partial charge in [0.2, 0.25) is 0 Å². The zero-order valence-corrected chi connectivity index (χ0v) is 10.8. The third-order valence-electron chi connectivity index (χ3n) is 1.80. The van der Waals surface area contributed by atoms with E-state index in [4.69, 9.17) is 0 Å². The van der Waals surface area contributed by atoms with Crippen LogP contribution in [0.5, 0.6) is 0 Å². The van der Waals surface area contributed by atoms with Gasteiger partial charge < -0.3 is 5.11 Å². The smallest absolute Gasteiger partial charge is 0.0988 e. The van der Waals surface area contributed by atoms with Crippen molar-refractivity contribution in [2.24, 2.45) is 4.99 Å². The second kappa shape index (κ2) is 5.47. The summed E-state index contributed by atoms with van der Waals surface area (Å²) in [4.78, 5) is 3.90. The summed E-state index contributed by atoms with van der Waals surface area (Å²) < 4.78 is 0. The molecule has 0 spiro atoms. The van der Waals surface area contributed by atoms with E-state index in [1.165, 1.54) is 0 Å². The predicted molar refractivity (Wildman–Crippen MR) is 39.9 cm³/mol. The largest absolute Gasteiger partial charge is 0.384 e. The van der Waals surface area contributed by atoms with Crippen molar-refractivity contribution in [1.29, 1.82) is 0 Å². The van der Waals surface area contributed by atoms with E-state index in [1.54, 1.807) is 14.0 Å². The van der Waals surface area contributed by atoms with Crippen molar-refractivity contribution in [2.75, 3.05) is 7.05 Å². The molecular weight excluding hydrogens is 253 g/mol. The van der Waals surface area contributed by atoms with E-state index in [2.05, 4.69) is 4.99 Å². The van der Waals surface area contributed by atoms with Crippen molar-refractivity contribution in [3.8, 4) is 0 Å². The number of aliphatic imine (C=N–C) groups is 1. The van der Waals surface area contributed by atoms with Crippen LogP contribution >= 0.6 is 0 Å². The summed E-state index contributed by atoms with van der Waals surface area (Å²) in [6.07, 6.45) is 0.718. The van der Waals surface area contributed by atoms with Gasteiger partial charge in [-0.3, -0.25) is 4.99 Å². The summed E-state index contributed by atoms with van der Waals surface area (Å²) in [6.45, 7) is 5.55. The van der Waals surface area contributed by atoms with Crippen molar-refractivity contribution < 1.29 is 40.7 Å². The van der Waals surface area contributed by atoms with Crippen molar-refractivity contribution in [3.63, 3.8) is 0 Å². The van der Waals surface area contributed by atoms with Crippen LogP contribution in [0.1, 0.15) is 27.2 Å². The molecule has 1 N–H and O–H groups in total. The van der Waals surface area contributed by atoms with Gasteiger partial charge in [0, 0.05) is 48.4 Å². The second-order valence-corrected chi connectivity index (χ2v) is 2.44. The SMILES string of the molecule is CCC(C)(O)C(C)=NC.[La]. The zero-order valence-electron chi connectivity index (χ0n) is 7.18. The van der Waals surface area contributed by atoms with E-state index in [0.29, 0.717) is 0 Å². The van der Waals surface area contributed by atoms with E-state index in [9.17, 15) is 5.11 Å². The van der Waals surface area contributed by atoms with Crippen LogP contribution in [0.25, 0.3) is 0 Å². The molecule has 0 aromatic rings. The molecule has 0 bridgehead atoms. The van der Waals surface area contributed by atoms with Crippen LogP contribution in [0, 0.1) is 35.6 Å². The molecule has 10 heavy (non-hydrogen) atoms. The first kappa shape index (κ1) is 13.4. The topological polar surface area (TPSA) is 32.6 Å². The van der Waals surface area contributed by atoms with Crippen molar-refractivity contribution in [3.05, 3.63) is 0 Å². The van der Waals surface area contributed by atoms with E-state index < -0.39 is 5.60 Å². The third-order valence-corrected chi connectivity index (χ3v) is 1.80. The average molecular weight is 268 g/mol. The van der Waals surface area contributed by atoms with Gasteiger partial charge in [0.05, 0.1) is 5.60 Å².